The molecule has 1 aromatic carbocycles. The van der Waals surface area contributed by atoms with Gasteiger partial charge in [0.05, 0.1) is 5.02 Å². The fraction of sp³-hybridized carbons (Fsp3) is 0.385. The Morgan fingerprint density at radius 3 is 2.55 bits per heavy atom. The Morgan fingerprint density at radius 1 is 1.40 bits per heavy atom. The Bertz CT molecular complexity index is 508. The van der Waals surface area contributed by atoms with Crippen molar-refractivity contribution in [3.05, 3.63) is 34.6 Å². The van der Waals surface area contributed by atoms with Gasteiger partial charge in [0.1, 0.15) is 11.9 Å². The van der Waals surface area contributed by atoms with E-state index in [0.717, 1.165) is 0 Å². The zero-order valence-corrected chi connectivity index (χ0v) is 11.9. The predicted molar refractivity (Wildman–Crippen MR) is 73.0 cm³/mol. The van der Waals surface area contributed by atoms with Crippen LogP contribution in [0.25, 0.3) is 0 Å². The number of carbonyl (C=O) groups excluding carboxylic acids is 1. The Labute approximate surface area is 121 Å². The van der Waals surface area contributed by atoms with E-state index in [1.807, 2.05) is 0 Å². The summed E-state index contributed by atoms with van der Waals surface area (Å²) in [7, 11) is 0. The van der Waals surface area contributed by atoms with Gasteiger partial charge in [0.2, 0.25) is 0 Å². The van der Waals surface area contributed by atoms with E-state index in [1.165, 1.54) is 12.1 Å². The van der Waals surface area contributed by atoms with Crippen LogP contribution in [-0.2, 0) is 11.3 Å². The minimum atomic E-state index is -1.10. The number of amides is 2. The highest BCUT2D eigenvalue weighted by Crippen LogP contribution is 2.15. The fourth-order valence-electron chi connectivity index (χ4n) is 1.54. The molecule has 1 aromatic rings. The van der Waals surface area contributed by atoms with Gasteiger partial charge in [-0.15, -0.1) is 0 Å². The van der Waals surface area contributed by atoms with E-state index in [1.54, 1.807) is 19.9 Å². The Balaban J connectivity index is 2.54. The first-order valence-electron chi connectivity index (χ1n) is 6.02. The number of aliphatic carboxylic acids is 1. The van der Waals surface area contributed by atoms with Gasteiger partial charge in [-0.05, 0) is 23.6 Å². The van der Waals surface area contributed by atoms with Crippen molar-refractivity contribution in [1.29, 1.82) is 0 Å². The van der Waals surface area contributed by atoms with Crippen molar-refractivity contribution < 1.29 is 19.1 Å². The Hall–Kier alpha value is -1.82. The van der Waals surface area contributed by atoms with Crippen LogP contribution in [0.4, 0.5) is 9.18 Å². The van der Waals surface area contributed by atoms with E-state index in [0.29, 0.717) is 5.56 Å². The third-order valence-corrected chi connectivity index (χ3v) is 2.96. The molecule has 0 heterocycles. The van der Waals surface area contributed by atoms with Crippen molar-refractivity contribution in [1.82, 2.24) is 10.6 Å². The molecule has 1 rings (SSSR count). The summed E-state index contributed by atoms with van der Waals surface area (Å²) in [5.74, 6) is -1.92. The molecule has 0 radical (unpaired) electrons. The third kappa shape index (κ3) is 4.70. The molecule has 20 heavy (non-hydrogen) atoms. The van der Waals surface area contributed by atoms with E-state index in [4.69, 9.17) is 16.7 Å². The summed E-state index contributed by atoms with van der Waals surface area (Å²) in [6.07, 6.45) is 0. The number of hydrogen-bond acceptors (Lipinski definition) is 2. The summed E-state index contributed by atoms with van der Waals surface area (Å²) in [5, 5.41) is 13.7. The molecule has 3 N–H and O–H groups in total. The maximum absolute atomic E-state index is 13.2. The quantitative estimate of drug-likeness (QED) is 0.781. The van der Waals surface area contributed by atoms with Gasteiger partial charge in [-0.3, -0.25) is 0 Å². The first-order valence-corrected chi connectivity index (χ1v) is 6.40. The maximum Gasteiger partial charge on any atom is 0.326 e. The number of halogens is 2. The van der Waals surface area contributed by atoms with Gasteiger partial charge in [0, 0.05) is 6.54 Å². The highest BCUT2D eigenvalue weighted by Gasteiger charge is 2.23. The third-order valence-electron chi connectivity index (χ3n) is 2.66. The van der Waals surface area contributed by atoms with E-state index in [-0.39, 0.29) is 17.5 Å². The van der Waals surface area contributed by atoms with E-state index in [2.05, 4.69) is 10.6 Å². The first kappa shape index (κ1) is 16.2. The lowest BCUT2D eigenvalue weighted by molar-refractivity contribution is -0.140. The highest BCUT2D eigenvalue weighted by molar-refractivity contribution is 6.30. The average molecular weight is 303 g/mol. The summed E-state index contributed by atoms with van der Waals surface area (Å²) in [6.45, 7) is 3.45. The molecule has 0 fully saturated rings. The second kappa shape index (κ2) is 7.09. The molecule has 0 aromatic heterocycles. The lowest BCUT2D eigenvalue weighted by Gasteiger charge is -2.18. The molecular weight excluding hydrogens is 287 g/mol. The largest absolute Gasteiger partial charge is 0.480 e. The molecule has 1 unspecified atom stereocenters. The summed E-state index contributed by atoms with van der Waals surface area (Å²) >= 11 is 5.54. The van der Waals surface area contributed by atoms with Crippen LogP contribution in [0.2, 0.25) is 5.02 Å². The number of carboxylic acid groups (broad SMARTS) is 1. The van der Waals surface area contributed by atoms with Crippen molar-refractivity contribution in [3.8, 4) is 0 Å². The number of urea groups is 1. The molecule has 5 nitrogen and oxygen atoms in total. The van der Waals surface area contributed by atoms with Crippen LogP contribution in [0.15, 0.2) is 18.2 Å². The first-order chi connectivity index (χ1) is 9.31. The minimum absolute atomic E-state index is 0.00366. The molecule has 0 aliphatic heterocycles. The maximum atomic E-state index is 13.2. The van der Waals surface area contributed by atoms with Crippen molar-refractivity contribution in [3.63, 3.8) is 0 Å². The van der Waals surface area contributed by atoms with Gasteiger partial charge in [-0.2, -0.15) is 0 Å². The van der Waals surface area contributed by atoms with Gasteiger partial charge in [0.25, 0.3) is 0 Å². The number of hydrogen-bond donors (Lipinski definition) is 3. The predicted octanol–water partition coefficient (Wildman–Crippen LogP) is 2.39. The van der Waals surface area contributed by atoms with Crippen molar-refractivity contribution in [2.45, 2.75) is 26.4 Å². The Morgan fingerprint density at radius 2 is 2.05 bits per heavy atom. The van der Waals surface area contributed by atoms with Crippen molar-refractivity contribution in [2.75, 3.05) is 0 Å². The lowest BCUT2D eigenvalue weighted by atomic mass is 10.1. The zero-order chi connectivity index (χ0) is 15.3. The van der Waals surface area contributed by atoms with Crippen LogP contribution < -0.4 is 10.6 Å². The van der Waals surface area contributed by atoms with Crippen LogP contribution in [0.3, 0.4) is 0 Å². The van der Waals surface area contributed by atoms with E-state index < -0.39 is 23.9 Å². The molecule has 0 aliphatic carbocycles. The number of carbonyl (C=O) groups is 2. The smallest absolute Gasteiger partial charge is 0.326 e. The molecule has 2 amide bonds. The van der Waals surface area contributed by atoms with Gasteiger partial charge in [-0.1, -0.05) is 31.5 Å². The normalized spacial score (nSPS) is 12.1. The average Bonchev–Trinajstić information content (AvgIpc) is 2.36. The number of rotatable bonds is 5. The molecule has 1 atom stereocenters. The topological polar surface area (TPSA) is 78.4 Å². The molecule has 0 saturated heterocycles. The van der Waals surface area contributed by atoms with Gasteiger partial charge in [0.15, 0.2) is 0 Å². The van der Waals surface area contributed by atoms with Crippen LogP contribution in [0.5, 0.6) is 0 Å². The van der Waals surface area contributed by atoms with Crippen LogP contribution >= 0.6 is 11.6 Å². The van der Waals surface area contributed by atoms with E-state index >= 15 is 0 Å². The summed E-state index contributed by atoms with van der Waals surface area (Å²) in [6, 6.07) is 2.57. The standard InChI is InChI=1S/C13H16ClFN2O3/c1-7(2)11(12(18)19)17-13(20)16-6-8-3-4-9(14)10(15)5-8/h3-5,7,11H,6H2,1-2H3,(H,18,19)(H2,16,17,20). The monoisotopic (exact) mass is 302 g/mol. The number of nitrogens with one attached hydrogen (secondary N) is 2. The zero-order valence-electron chi connectivity index (χ0n) is 11.1. The summed E-state index contributed by atoms with van der Waals surface area (Å²) < 4.78 is 13.2. The minimum Gasteiger partial charge on any atom is -0.480 e. The number of benzene rings is 1. The fourth-order valence-corrected chi connectivity index (χ4v) is 1.66. The summed E-state index contributed by atoms with van der Waals surface area (Å²) in [4.78, 5) is 22.5. The molecule has 0 aliphatic rings. The molecule has 0 saturated carbocycles. The van der Waals surface area contributed by atoms with Gasteiger partial charge < -0.3 is 15.7 Å². The van der Waals surface area contributed by atoms with Crippen molar-refractivity contribution >= 4 is 23.6 Å². The summed E-state index contributed by atoms with van der Waals surface area (Å²) in [5.41, 5.74) is 0.526. The second-order valence-electron chi connectivity index (χ2n) is 4.64. The van der Waals surface area contributed by atoms with Crippen LogP contribution in [0, 0.1) is 11.7 Å². The molecule has 0 spiro atoms. The number of carboxylic acids is 1. The van der Waals surface area contributed by atoms with Crippen LogP contribution in [0.1, 0.15) is 19.4 Å². The second-order valence-corrected chi connectivity index (χ2v) is 5.04. The van der Waals surface area contributed by atoms with Gasteiger partial charge in [-0.25, -0.2) is 14.0 Å². The lowest BCUT2D eigenvalue weighted by Crippen LogP contribution is -2.48. The molecule has 0 bridgehead atoms. The highest BCUT2D eigenvalue weighted by atomic mass is 35.5. The van der Waals surface area contributed by atoms with E-state index in [9.17, 15) is 14.0 Å². The van der Waals surface area contributed by atoms with Gasteiger partial charge >= 0.3 is 12.0 Å². The molecular formula is C13H16ClFN2O3. The van der Waals surface area contributed by atoms with Crippen molar-refractivity contribution in [2.24, 2.45) is 5.92 Å². The Kier molecular flexibility index (Phi) is 5.76. The SMILES string of the molecule is CC(C)C(NC(=O)NCc1ccc(Cl)c(F)c1)C(=O)O. The molecule has 7 heteroatoms. The van der Waals surface area contributed by atoms with Crippen LogP contribution in [-0.4, -0.2) is 23.1 Å². The molecule has 110 valence electrons.